The fraction of sp³-hybridized carbons (Fsp3) is 0.900. The van der Waals surface area contributed by atoms with Crippen LogP contribution in [0.2, 0.25) is 0 Å². The molecule has 1 aliphatic rings. The highest BCUT2D eigenvalue weighted by molar-refractivity contribution is 4.90. The molecule has 4 heteroatoms. The second-order valence-corrected chi connectivity index (χ2v) is 4.20. The van der Waals surface area contributed by atoms with Gasteiger partial charge in [-0.3, -0.25) is 4.90 Å². The van der Waals surface area contributed by atoms with Gasteiger partial charge in [-0.1, -0.05) is 0 Å². The Morgan fingerprint density at radius 2 is 2.29 bits per heavy atom. The summed E-state index contributed by atoms with van der Waals surface area (Å²) in [5, 5.41) is 8.66. The van der Waals surface area contributed by atoms with Gasteiger partial charge in [-0.2, -0.15) is 5.26 Å². The molecule has 0 radical (unpaired) electrons. The van der Waals surface area contributed by atoms with Crippen molar-refractivity contribution in [2.24, 2.45) is 5.73 Å². The first-order chi connectivity index (χ1) is 6.63. The number of likely N-dealkylation sites (N-methyl/N-ethyl adjacent to an activating group) is 1. The minimum absolute atomic E-state index is 0.346. The van der Waals surface area contributed by atoms with Crippen LogP contribution in [0.5, 0.6) is 0 Å². The van der Waals surface area contributed by atoms with Crippen molar-refractivity contribution in [3.05, 3.63) is 0 Å². The molecule has 2 atom stereocenters. The molecule has 1 fully saturated rings. The standard InChI is InChI=1S/C10H20N4/c1-9-7-13(2)4-3-5-14(9)8-10(12)6-11/h9-10H,3-5,7-8,12H2,1-2H3. The summed E-state index contributed by atoms with van der Waals surface area (Å²) in [5.41, 5.74) is 5.64. The molecule has 0 amide bonds. The Labute approximate surface area is 86.3 Å². The second kappa shape index (κ2) is 5.30. The zero-order valence-corrected chi connectivity index (χ0v) is 9.11. The fourth-order valence-electron chi connectivity index (χ4n) is 1.99. The Kier molecular flexibility index (Phi) is 4.33. The lowest BCUT2D eigenvalue weighted by atomic mass is 10.2. The number of nitrogens with zero attached hydrogens (tertiary/aromatic N) is 3. The summed E-state index contributed by atoms with van der Waals surface area (Å²) < 4.78 is 0. The molecule has 2 N–H and O–H groups in total. The van der Waals surface area contributed by atoms with Gasteiger partial charge in [0, 0.05) is 19.1 Å². The predicted molar refractivity (Wildman–Crippen MR) is 56.7 cm³/mol. The minimum Gasteiger partial charge on any atom is -0.315 e. The maximum atomic E-state index is 8.66. The lowest BCUT2D eigenvalue weighted by Gasteiger charge is -2.28. The zero-order valence-electron chi connectivity index (χ0n) is 9.11. The number of hydrogen-bond acceptors (Lipinski definition) is 4. The van der Waals surface area contributed by atoms with Crippen molar-refractivity contribution in [3.63, 3.8) is 0 Å². The van der Waals surface area contributed by atoms with Gasteiger partial charge in [-0.25, -0.2) is 0 Å². The van der Waals surface area contributed by atoms with Gasteiger partial charge in [0.05, 0.1) is 6.07 Å². The van der Waals surface area contributed by atoms with Crippen molar-refractivity contribution < 1.29 is 0 Å². The Morgan fingerprint density at radius 1 is 1.57 bits per heavy atom. The van der Waals surface area contributed by atoms with Crippen molar-refractivity contribution in [3.8, 4) is 6.07 Å². The van der Waals surface area contributed by atoms with Crippen LogP contribution < -0.4 is 5.73 Å². The Bertz CT molecular complexity index is 211. The molecule has 0 bridgehead atoms. The summed E-state index contributed by atoms with van der Waals surface area (Å²) in [6, 6.07) is 2.24. The third-order valence-electron chi connectivity index (χ3n) is 2.78. The number of rotatable bonds is 2. The van der Waals surface area contributed by atoms with Gasteiger partial charge in [-0.15, -0.1) is 0 Å². The van der Waals surface area contributed by atoms with Crippen LogP contribution >= 0.6 is 0 Å². The number of nitrogens with two attached hydrogens (primary N) is 1. The molecule has 0 aromatic heterocycles. The SMILES string of the molecule is CC1CN(C)CCCN1CC(N)C#N. The van der Waals surface area contributed by atoms with Crippen molar-refractivity contribution in [2.75, 3.05) is 33.2 Å². The molecule has 1 heterocycles. The Balaban J connectivity index is 2.47. The third kappa shape index (κ3) is 3.26. The smallest absolute Gasteiger partial charge is 0.106 e. The molecular weight excluding hydrogens is 176 g/mol. The van der Waals surface area contributed by atoms with E-state index >= 15 is 0 Å². The van der Waals surface area contributed by atoms with E-state index < -0.39 is 0 Å². The first kappa shape index (κ1) is 11.4. The summed E-state index contributed by atoms with van der Waals surface area (Å²) in [5.74, 6) is 0. The summed E-state index contributed by atoms with van der Waals surface area (Å²) in [6.45, 7) is 6.17. The van der Waals surface area contributed by atoms with E-state index in [-0.39, 0.29) is 6.04 Å². The van der Waals surface area contributed by atoms with E-state index in [0.717, 1.165) is 19.6 Å². The molecule has 14 heavy (non-hydrogen) atoms. The summed E-state index contributed by atoms with van der Waals surface area (Å²) in [7, 11) is 2.14. The van der Waals surface area contributed by atoms with Crippen LogP contribution in [0.15, 0.2) is 0 Å². The van der Waals surface area contributed by atoms with Gasteiger partial charge in [0.15, 0.2) is 0 Å². The highest BCUT2D eigenvalue weighted by atomic mass is 15.2. The lowest BCUT2D eigenvalue weighted by Crippen LogP contribution is -2.44. The fourth-order valence-corrected chi connectivity index (χ4v) is 1.99. The average molecular weight is 196 g/mol. The molecule has 0 aliphatic carbocycles. The molecule has 0 aromatic rings. The van der Waals surface area contributed by atoms with Gasteiger partial charge in [0.2, 0.25) is 0 Å². The van der Waals surface area contributed by atoms with Gasteiger partial charge in [0.25, 0.3) is 0 Å². The van der Waals surface area contributed by atoms with E-state index in [4.69, 9.17) is 11.0 Å². The predicted octanol–water partition coefficient (Wildman–Crippen LogP) is -0.137. The van der Waals surface area contributed by atoms with Gasteiger partial charge in [0.1, 0.15) is 6.04 Å². The monoisotopic (exact) mass is 196 g/mol. The summed E-state index contributed by atoms with van der Waals surface area (Å²) in [6.07, 6.45) is 1.17. The van der Waals surface area contributed by atoms with Crippen molar-refractivity contribution in [1.29, 1.82) is 5.26 Å². The van der Waals surface area contributed by atoms with Crippen molar-refractivity contribution in [2.45, 2.75) is 25.4 Å². The van der Waals surface area contributed by atoms with E-state index in [1.807, 2.05) is 0 Å². The van der Waals surface area contributed by atoms with E-state index in [0.29, 0.717) is 12.6 Å². The first-order valence-corrected chi connectivity index (χ1v) is 5.21. The van der Waals surface area contributed by atoms with Crippen LogP contribution in [0.4, 0.5) is 0 Å². The van der Waals surface area contributed by atoms with Crippen molar-refractivity contribution in [1.82, 2.24) is 9.80 Å². The third-order valence-corrected chi connectivity index (χ3v) is 2.78. The quantitative estimate of drug-likeness (QED) is 0.668. The molecule has 1 rings (SSSR count). The summed E-state index contributed by atoms with van der Waals surface area (Å²) in [4.78, 5) is 4.65. The van der Waals surface area contributed by atoms with Gasteiger partial charge in [-0.05, 0) is 33.5 Å². The van der Waals surface area contributed by atoms with Gasteiger partial charge >= 0.3 is 0 Å². The van der Waals surface area contributed by atoms with Crippen LogP contribution in [0, 0.1) is 11.3 Å². The van der Waals surface area contributed by atoms with Crippen LogP contribution in [0.3, 0.4) is 0 Å². The molecule has 1 aliphatic heterocycles. The lowest BCUT2D eigenvalue weighted by molar-refractivity contribution is 0.199. The maximum Gasteiger partial charge on any atom is 0.106 e. The van der Waals surface area contributed by atoms with Crippen molar-refractivity contribution >= 4 is 0 Å². The Hall–Kier alpha value is -0.630. The maximum absolute atomic E-state index is 8.66. The molecular formula is C10H20N4. The topological polar surface area (TPSA) is 56.3 Å². The van der Waals surface area contributed by atoms with E-state index in [1.165, 1.54) is 6.42 Å². The first-order valence-electron chi connectivity index (χ1n) is 5.21. The number of nitriles is 1. The van der Waals surface area contributed by atoms with Crippen LogP contribution in [0.1, 0.15) is 13.3 Å². The Morgan fingerprint density at radius 3 is 2.93 bits per heavy atom. The van der Waals surface area contributed by atoms with Crippen LogP contribution in [-0.2, 0) is 0 Å². The molecule has 0 spiro atoms. The molecule has 80 valence electrons. The van der Waals surface area contributed by atoms with E-state index in [9.17, 15) is 0 Å². The largest absolute Gasteiger partial charge is 0.315 e. The van der Waals surface area contributed by atoms with Crippen LogP contribution in [-0.4, -0.2) is 55.1 Å². The highest BCUT2D eigenvalue weighted by Crippen LogP contribution is 2.08. The van der Waals surface area contributed by atoms with E-state index in [1.54, 1.807) is 0 Å². The average Bonchev–Trinajstić information content (AvgIpc) is 2.29. The van der Waals surface area contributed by atoms with Gasteiger partial charge < -0.3 is 10.6 Å². The minimum atomic E-state index is -0.346. The molecule has 0 saturated carbocycles. The molecule has 4 nitrogen and oxygen atoms in total. The highest BCUT2D eigenvalue weighted by Gasteiger charge is 2.20. The normalized spacial score (nSPS) is 28.0. The van der Waals surface area contributed by atoms with Crippen LogP contribution in [0.25, 0.3) is 0 Å². The number of hydrogen-bond donors (Lipinski definition) is 1. The molecule has 2 unspecified atom stereocenters. The zero-order chi connectivity index (χ0) is 10.6. The second-order valence-electron chi connectivity index (χ2n) is 4.20. The van der Waals surface area contributed by atoms with E-state index in [2.05, 4.69) is 29.8 Å². The molecule has 1 saturated heterocycles. The molecule has 0 aromatic carbocycles. The summed E-state index contributed by atoms with van der Waals surface area (Å²) >= 11 is 0.